The van der Waals surface area contributed by atoms with Gasteiger partial charge >= 0.3 is 0 Å². The van der Waals surface area contributed by atoms with Gasteiger partial charge in [0, 0.05) is 26.5 Å². The summed E-state index contributed by atoms with van der Waals surface area (Å²) in [4.78, 5) is 9.44. The van der Waals surface area contributed by atoms with E-state index in [4.69, 9.17) is 5.73 Å². The molecule has 1 saturated carbocycles. The van der Waals surface area contributed by atoms with E-state index < -0.39 is 0 Å². The van der Waals surface area contributed by atoms with Crippen molar-refractivity contribution < 1.29 is 9.18 Å². The molecule has 1 aliphatic rings. The molecule has 0 amide bonds. The average molecular weight is 524 g/mol. The second-order valence-corrected chi connectivity index (χ2v) is 8.13. The highest BCUT2D eigenvalue weighted by molar-refractivity contribution is 14.1. The van der Waals surface area contributed by atoms with E-state index in [0.29, 0.717) is 0 Å². The van der Waals surface area contributed by atoms with Crippen molar-refractivity contribution in [3.8, 4) is 0 Å². The zero-order chi connectivity index (χ0) is 19.1. The van der Waals surface area contributed by atoms with Gasteiger partial charge in [-0.25, -0.2) is 4.39 Å². The lowest BCUT2D eigenvalue weighted by atomic mass is 10.2. The summed E-state index contributed by atoms with van der Waals surface area (Å²) in [5, 5.41) is 4.21. The highest BCUT2D eigenvalue weighted by atomic mass is 127. The number of hydrogen-bond donors (Lipinski definition) is 1. The number of carbonyl (C=O) groups is 1. The third kappa shape index (κ3) is 7.85. The van der Waals surface area contributed by atoms with Crippen LogP contribution in [0.2, 0.25) is 0 Å². The van der Waals surface area contributed by atoms with Crippen LogP contribution in [0, 0.1) is 29.2 Å². The molecular weight excluding hydrogens is 500 g/mol. The van der Waals surface area contributed by atoms with E-state index in [0.717, 1.165) is 26.1 Å². The van der Waals surface area contributed by atoms with Gasteiger partial charge in [-0.05, 0) is 86.7 Å². The van der Waals surface area contributed by atoms with Gasteiger partial charge in [0.2, 0.25) is 0 Å². The summed E-state index contributed by atoms with van der Waals surface area (Å²) in [6, 6.07) is 3.44. The van der Waals surface area contributed by atoms with E-state index in [-0.39, 0.29) is 17.3 Å². The molecular formula is C18H24BrFIN3O. The number of nitrogen functional groups attached to an aromatic ring is 1. The number of halogens is 3. The third-order valence-corrected chi connectivity index (χ3v) is 5.71. The fourth-order valence-electron chi connectivity index (χ4n) is 1.84. The van der Waals surface area contributed by atoms with E-state index in [1.165, 1.54) is 38.4 Å². The Hall–Kier alpha value is -0.960. The highest BCUT2D eigenvalue weighted by Gasteiger charge is 2.22. The number of Topliss-reactive ketones (excluding diaryl/α,β-unsaturated/α-hetero) is 1. The maximum absolute atomic E-state index is 12.9. The molecule has 0 aliphatic heterocycles. The Bertz CT molecular complexity index is 699. The van der Waals surface area contributed by atoms with Gasteiger partial charge in [-0.2, -0.15) is 5.10 Å². The third-order valence-electron chi connectivity index (χ3n) is 3.49. The van der Waals surface area contributed by atoms with Gasteiger partial charge in [0.15, 0.2) is 0 Å². The van der Waals surface area contributed by atoms with Crippen molar-refractivity contribution in [3.63, 3.8) is 0 Å². The van der Waals surface area contributed by atoms with Gasteiger partial charge < -0.3 is 10.5 Å². The summed E-state index contributed by atoms with van der Waals surface area (Å²) in [6.07, 6.45) is 4.68. The molecule has 1 heterocycles. The van der Waals surface area contributed by atoms with Crippen molar-refractivity contribution in [2.75, 3.05) is 5.73 Å². The summed E-state index contributed by atoms with van der Waals surface area (Å²) >= 11 is 5.26. The molecule has 0 unspecified atom stereocenters. The van der Waals surface area contributed by atoms with Crippen molar-refractivity contribution in [3.05, 3.63) is 43.4 Å². The number of aryl methyl sites for hydroxylation is 1. The van der Waals surface area contributed by atoms with Crippen LogP contribution in [-0.2, 0) is 11.3 Å². The molecule has 7 heteroatoms. The number of nitrogens with zero attached hydrogens (tertiary/aromatic N) is 2. The Morgan fingerprint density at radius 2 is 2.00 bits per heavy atom. The number of rotatable bonds is 2. The van der Waals surface area contributed by atoms with Crippen molar-refractivity contribution >= 4 is 50.0 Å². The molecule has 0 atom stereocenters. The maximum atomic E-state index is 12.9. The molecule has 0 radical (unpaired) electrons. The first-order chi connectivity index (χ1) is 11.6. The molecule has 3 rings (SSSR count). The Balaban J connectivity index is 0.000000208. The van der Waals surface area contributed by atoms with Gasteiger partial charge in [-0.3, -0.25) is 4.68 Å². The monoisotopic (exact) mass is 523 g/mol. The van der Waals surface area contributed by atoms with E-state index in [2.05, 4.69) is 38.7 Å². The Morgan fingerprint density at radius 1 is 1.44 bits per heavy atom. The maximum Gasteiger partial charge on any atom is 0.148 e. The van der Waals surface area contributed by atoms with E-state index in [1.807, 2.05) is 35.7 Å². The fourth-order valence-corrected chi connectivity index (χ4v) is 3.16. The number of anilines is 1. The number of hydrogen-bond acceptors (Lipinski definition) is 3. The van der Waals surface area contributed by atoms with Crippen molar-refractivity contribution in [1.29, 1.82) is 0 Å². The summed E-state index contributed by atoms with van der Waals surface area (Å²) in [6.45, 7) is 8.19. The Labute approximate surface area is 170 Å². The highest BCUT2D eigenvalue weighted by Crippen LogP contribution is 2.30. The lowest BCUT2D eigenvalue weighted by molar-refractivity contribution is -0.114. The van der Waals surface area contributed by atoms with Crippen LogP contribution in [0.5, 0.6) is 0 Å². The number of benzene rings is 1. The first-order valence-electron chi connectivity index (χ1n) is 7.98. The van der Waals surface area contributed by atoms with E-state index >= 15 is 0 Å². The summed E-state index contributed by atoms with van der Waals surface area (Å²) in [5.74, 6) is 0.727. The van der Waals surface area contributed by atoms with Crippen LogP contribution in [-0.4, -0.2) is 15.6 Å². The minimum Gasteiger partial charge on any atom is -0.395 e. The number of nitrogens with two attached hydrogens (primary N) is 1. The van der Waals surface area contributed by atoms with Crippen LogP contribution in [0.4, 0.5) is 10.1 Å². The lowest BCUT2D eigenvalue weighted by Gasteiger charge is -2.05. The average Bonchev–Trinajstić information content (AvgIpc) is 3.25. The molecule has 2 aromatic rings. The zero-order valence-electron chi connectivity index (χ0n) is 14.9. The minimum atomic E-state index is -0.369. The zero-order valence-corrected chi connectivity index (χ0v) is 18.7. The molecule has 138 valence electrons. The first-order valence-corrected chi connectivity index (χ1v) is 9.85. The summed E-state index contributed by atoms with van der Waals surface area (Å²) in [5.41, 5.74) is 7.94. The predicted octanol–water partition coefficient (Wildman–Crippen LogP) is 5.28. The summed E-state index contributed by atoms with van der Waals surface area (Å²) < 4.78 is 16.5. The molecule has 1 aromatic carbocycles. The molecule has 4 nitrogen and oxygen atoms in total. The second-order valence-electron chi connectivity index (χ2n) is 6.20. The largest absolute Gasteiger partial charge is 0.395 e. The molecule has 1 aliphatic carbocycles. The van der Waals surface area contributed by atoms with Crippen molar-refractivity contribution in [1.82, 2.24) is 9.78 Å². The first kappa shape index (κ1) is 22.1. The van der Waals surface area contributed by atoms with E-state index in [1.54, 1.807) is 0 Å². The Morgan fingerprint density at radius 3 is 2.44 bits per heavy atom. The summed E-state index contributed by atoms with van der Waals surface area (Å²) in [7, 11) is 0. The van der Waals surface area contributed by atoms with Crippen LogP contribution in [0.25, 0.3) is 0 Å². The van der Waals surface area contributed by atoms with Gasteiger partial charge in [0.25, 0.3) is 0 Å². The van der Waals surface area contributed by atoms with E-state index in [9.17, 15) is 9.18 Å². The van der Waals surface area contributed by atoms with Gasteiger partial charge in [-0.15, -0.1) is 0 Å². The fraction of sp³-hybridized carbons (Fsp3) is 0.444. The lowest BCUT2D eigenvalue weighted by Crippen LogP contribution is -2.02. The Kier molecular flexibility index (Phi) is 9.06. The number of carbonyl (C=O) groups excluding carboxylic acids is 1. The van der Waals surface area contributed by atoms with Crippen molar-refractivity contribution in [2.24, 2.45) is 5.92 Å². The second kappa shape index (κ2) is 10.3. The number of aromatic nitrogens is 2. The van der Waals surface area contributed by atoms with Gasteiger partial charge in [-0.1, -0.05) is 15.9 Å². The normalized spacial score (nSPS) is 12.6. The standard InChI is InChI=1S/C8H12N2.C7H6BrFIN.C3H6O/c1-7-4-5-9-10(7)6-8-2-3-8;1-3-4(8)2-5(9)7(11)6(3)10;1-3(2)4/h4-5,8H,2-3,6H2,1H3;2H,11H2,1H3;1-2H3. The molecule has 2 N–H and O–H groups in total. The predicted molar refractivity (Wildman–Crippen MR) is 112 cm³/mol. The molecule has 1 fully saturated rings. The smallest absolute Gasteiger partial charge is 0.148 e. The van der Waals surface area contributed by atoms with Crippen LogP contribution in [0.3, 0.4) is 0 Å². The number of ketones is 1. The molecule has 0 spiro atoms. The van der Waals surface area contributed by atoms with Crippen LogP contribution >= 0.6 is 38.5 Å². The molecule has 1 aromatic heterocycles. The van der Waals surface area contributed by atoms with Crippen LogP contribution in [0.1, 0.15) is 37.9 Å². The SMILES string of the molecule is CC(C)=O.Cc1c(Br)cc(F)c(N)c1I.Cc1ccnn1CC1CC1. The molecule has 0 bridgehead atoms. The van der Waals surface area contributed by atoms with Crippen LogP contribution in [0.15, 0.2) is 22.8 Å². The van der Waals surface area contributed by atoms with Crippen molar-refractivity contribution in [2.45, 2.75) is 47.1 Å². The van der Waals surface area contributed by atoms with Gasteiger partial charge in [0.05, 0.1) is 5.69 Å². The van der Waals surface area contributed by atoms with Crippen LogP contribution < -0.4 is 5.73 Å². The minimum absolute atomic E-state index is 0.167. The molecule has 0 saturated heterocycles. The quantitative estimate of drug-likeness (QED) is 0.430. The molecule has 25 heavy (non-hydrogen) atoms. The topological polar surface area (TPSA) is 60.9 Å². The van der Waals surface area contributed by atoms with Gasteiger partial charge in [0.1, 0.15) is 11.6 Å².